The van der Waals surface area contributed by atoms with Crippen molar-refractivity contribution >= 4 is 94.0 Å². The molecule has 0 radical (unpaired) electrons. The highest BCUT2D eigenvalue weighted by atomic mass is 32.2. The van der Waals surface area contributed by atoms with Gasteiger partial charge in [-0.25, -0.2) is 0 Å². The summed E-state index contributed by atoms with van der Waals surface area (Å²) in [7, 11) is -0.404. The fourth-order valence-corrected chi connectivity index (χ4v) is 37.8. The molecule has 15 aromatic carbocycles. The molecule has 3 heterocycles. The molecule has 17 aromatic rings. The predicted octanol–water partition coefficient (Wildman–Crippen LogP) is 37.4. The van der Waals surface area contributed by atoms with Gasteiger partial charge in [-0.05, 0) is 441 Å². The minimum atomic E-state index is -0.167. The third kappa shape index (κ3) is 20.2. The van der Waals surface area contributed by atoms with Gasteiger partial charge in [0.2, 0.25) is 9.79 Å². The van der Waals surface area contributed by atoms with Crippen molar-refractivity contribution in [3.8, 4) is 50.0 Å². The van der Waals surface area contributed by atoms with Crippen molar-refractivity contribution in [2.75, 3.05) is 0 Å². The molecule has 0 atom stereocenters. The first-order valence-electron chi connectivity index (χ1n) is 53.7. The summed E-state index contributed by atoms with van der Waals surface area (Å²) in [5.41, 5.74) is 0.107. The molecule has 11 aliphatic carbocycles. The van der Waals surface area contributed by atoms with Gasteiger partial charge in [0.1, 0.15) is 67.6 Å². The molecule has 11 fully saturated rings. The smallest absolute Gasteiger partial charge is 0.209 e. The lowest BCUT2D eigenvalue weighted by atomic mass is 9.50. The number of fused-ring (bicyclic) bond motifs is 8. The summed E-state index contributed by atoms with van der Waals surface area (Å²) in [5, 5.41) is 5.55. The van der Waals surface area contributed by atoms with Crippen molar-refractivity contribution in [1.82, 2.24) is 0 Å². The van der Waals surface area contributed by atoms with E-state index in [1.54, 1.807) is 0 Å². The average Bonchev–Trinajstić information content (AvgIpc) is 1.12. The van der Waals surface area contributed by atoms with Crippen LogP contribution in [0.25, 0.3) is 50.1 Å². The Morgan fingerprint density at radius 1 is 0.250 bits per heavy atom. The average molecular weight is 1990 g/mol. The first-order chi connectivity index (χ1) is 70.6. The van der Waals surface area contributed by atoms with Gasteiger partial charge in [0.15, 0.2) is 74.4 Å². The maximum Gasteiger partial charge on any atom is 0.209 e. The molecular weight excluding hydrogens is 1850 g/mol. The number of para-hydroxylation sites is 2. The van der Waals surface area contributed by atoms with Gasteiger partial charge in [-0.2, -0.15) is 0 Å². The molecule has 6 nitrogen and oxygen atoms in total. The van der Waals surface area contributed by atoms with Crippen molar-refractivity contribution in [3.05, 3.63) is 388 Å². The summed E-state index contributed by atoms with van der Waals surface area (Å²) in [5.74, 6) is 13.9. The number of rotatable bonds is 20. The quantitative estimate of drug-likeness (QED) is 0.0709. The molecule has 1 aliphatic heterocycles. The van der Waals surface area contributed by atoms with Gasteiger partial charge in [-0.3, -0.25) is 0 Å². The van der Waals surface area contributed by atoms with Crippen LogP contribution in [0.1, 0.15) is 195 Å². The van der Waals surface area contributed by atoms with E-state index in [1.165, 1.54) is 235 Å². The molecule has 0 unspecified atom stereocenters. The minimum absolute atomic E-state index is 0.000311. The molecule has 2 aromatic heterocycles. The molecule has 144 heavy (non-hydrogen) atoms. The Hall–Kier alpha value is -11.4. The zero-order valence-electron chi connectivity index (χ0n) is 84.2. The van der Waals surface area contributed by atoms with Crippen molar-refractivity contribution in [2.24, 2.45) is 47.3 Å². The molecule has 0 amide bonds. The molecule has 12 aliphatic rings. The highest BCUT2D eigenvalue weighted by molar-refractivity contribution is 7.97. The SMILES string of the molecule is CC1(Oc2ccc(-[s+]3c4ccccc4c4ccccc43)cc2)C2CC3CC(C2)CC1C3.CC1(Oc2ccc(-[s+]3c4ccccc4c4ccccc43)cc2)CCCCC1.CC1(Oc2ccc([S+](c3ccccc3)c3ccccc3)cc2)CCCCC1.CC1(Oc2ccc([S+]3c4ccccc4Oc4ccccc43)cc2)C2CC3CC(C2)CC1C3.CCC1(Oc2ccc([S+](c3ccccc3)c3ccccc3)cc2)CCCC1. The summed E-state index contributed by atoms with van der Waals surface area (Å²) in [4.78, 5) is 14.6. The van der Waals surface area contributed by atoms with Crippen LogP contribution < -0.4 is 28.4 Å². The zero-order chi connectivity index (χ0) is 97.2. The lowest BCUT2D eigenvalue weighted by Crippen LogP contribution is -2.59. The Bertz CT molecular complexity index is 6920. The minimum Gasteiger partial charge on any atom is -0.488 e. The van der Waals surface area contributed by atoms with Crippen molar-refractivity contribution < 1.29 is 28.4 Å². The van der Waals surface area contributed by atoms with E-state index in [0.717, 1.165) is 107 Å². The van der Waals surface area contributed by atoms with Gasteiger partial charge >= 0.3 is 0 Å². The van der Waals surface area contributed by atoms with Crippen LogP contribution in [0.2, 0.25) is 0 Å². The Morgan fingerprint density at radius 2 is 0.507 bits per heavy atom. The zero-order valence-corrected chi connectivity index (χ0v) is 88.3. The largest absolute Gasteiger partial charge is 0.488 e. The van der Waals surface area contributed by atoms with E-state index in [9.17, 15) is 0 Å². The second-order valence-electron chi connectivity index (χ2n) is 43.4. The number of benzene rings is 15. The molecule has 0 N–H and O–H groups in total. The molecule has 29 rings (SSSR count). The second-order valence-corrected chi connectivity index (χ2v) is 53.3. The third-order valence-corrected chi connectivity index (χ3v) is 45.2. The van der Waals surface area contributed by atoms with Gasteiger partial charge in [0, 0.05) is 66.8 Å². The highest BCUT2D eigenvalue weighted by Crippen LogP contribution is 2.63. The molecule has 730 valence electrons. The molecule has 0 spiro atoms. The predicted molar refractivity (Wildman–Crippen MR) is 604 cm³/mol. The Balaban J connectivity index is 0.0000000999. The number of ether oxygens (including phenoxy) is 6. The summed E-state index contributed by atoms with van der Waals surface area (Å²) >= 11 is 0. The maximum atomic E-state index is 6.84. The van der Waals surface area contributed by atoms with Crippen LogP contribution in [0.3, 0.4) is 0 Å². The Kier molecular flexibility index (Phi) is 28.2. The highest BCUT2D eigenvalue weighted by Gasteiger charge is 2.58. The van der Waals surface area contributed by atoms with E-state index < -0.39 is 0 Å². The maximum absolute atomic E-state index is 6.84. The molecular formula is C133H137O6S5+5. The normalized spacial score (nSPS) is 23.0. The van der Waals surface area contributed by atoms with Gasteiger partial charge in [-0.15, -0.1) is 0 Å². The summed E-state index contributed by atoms with van der Waals surface area (Å²) in [6.07, 6.45) is 32.5. The lowest BCUT2D eigenvalue weighted by molar-refractivity contribution is -0.145. The van der Waals surface area contributed by atoms with Gasteiger partial charge in [-0.1, -0.05) is 165 Å². The van der Waals surface area contributed by atoms with E-state index in [0.29, 0.717) is 0 Å². The van der Waals surface area contributed by atoms with Crippen LogP contribution in [-0.2, 0) is 32.7 Å². The summed E-state index contributed by atoms with van der Waals surface area (Å²) in [6, 6.07) is 140. The second kappa shape index (κ2) is 42.2. The van der Waals surface area contributed by atoms with Crippen molar-refractivity contribution in [1.29, 1.82) is 0 Å². The fourth-order valence-electron chi connectivity index (χ4n) is 26.6. The monoisotopic (exact) mass is 1990 g/mol. The van der Waals surface area contributed by atoms with Gasteiger partial charge in [0.05, 0.1) is 21.8 Å². The first-order valence-corrected chi connectivity index (χ1v) is 59.9. The van der Waals surface area contributed by atoms with Crippen LogP contribution in [-0.4, -0.2) is 28.0 Å². The first kappa shape index (κ1) is 96.1. The van der Waals surface area contributed by atoms with Crippen LogP contribution in [0.15, 0.2) is 432 Å². The van der Waals surface area contributed by atoms with E-state index in [2.05, 4.69) is 423 Å². The third-order valence-electron chi connectivity index (χ3n) is 33.8. The van der Waals surface area contributed by atoms with E-state index in [-0.39, 0.29) is 81.6 Å². The number of hydrogen-bond acceptors (Lipinski definition) is 6. The standard InChI is InChI=1S/C29H29O2S.C29H29OS.C25H25OS.2C25H27OS/c1-29(21-15-19-14-20(17-21)18-22(29)16-19)31-23-10-12-24(13-11-23)32-27-8-4-2-6-25(27)30-26-7-3-5-9-28(26)32;1-29(21-15-19-14-20(17-21)18-22(29)16-19)30-23-10-12-24(13-11-23)31-27-8-4-2-6-25(27)26-7-3-5-9-28(26)31;1-25(17-7-2-8-18-25)26-19-13-15-20(16-14-19)27-23-11-5-3-9-21(23)22-10-4-6-12-24(22)27;1-25(19-9-4-10-20-25)26-21-15-17-24(18-16-21)27(22-11-5-2-6-12-22)23-13-7-3-8-14-23;1-2-25(19-9-10-20-25)26-21-15-17-24(18-16-21)27(22-11-5-3-6-12-22)23-13-7-4-8-14-23/h2-13,19-22H,14-18H2,1H3;2-13,19-22H,14-18H2,1H3;3-6,9-16H,2,7-8,17-18H2,1H3;2-3,5-8,11-18H,4,9-10,19-20H2,1H3;3-8,11-18H,2,9-10,19-20H2,1H3/q5*+1. The Morgan fingerprint density at radius 3 is 0.826 bits per heavy atom. The van der Waals surface area contributed by atoms with Crippen LogP contribution in [0.5, 0.6) is 40.2 Å². The molecule has 11 saturated carbocycles. The van der Waals surface area contributed by atoms with Crippen LogP contribution in [0, 0.1) is 47.3 Å². The van der Waals surface area contributed by atoms with Gasteiger partial charge in [0.25, 0.3) is 0 Å². The number of hydrogen-bond donors (Lipinski definition) is 0. The molecule has 11 heteroatoms. The molecule has 0 saturated heterocycles. The number of thiophene rings is 2. The van der Waals surface area contributed by atoms with Crippen LogP contribution >= 0.6 is 20.9 Å². The van der Waals surface area contributed by atoms with Gasteiger partial charge < -0.3 is 28.4 Å². The summed E-state index contributed by atoms with van der Waals surface area (Å²) in [6.45, 7) is 11.6. The van der Waals surface area contributed by atoms with E-state index >= 15 is 0 Å². The van der Waals surface area contributed by atoms with E-state index in [4.69, 9.17) is 28.4 Å². The lowest BCUT2D eigenvalue weighted by Gasteiger charge is -2.59. The topological polar surface area (TPSA) is 55.4 Å². The van der Waals surface area contributed by atoms with Crippen LogP contribution in [0.4, 0.5) is 0 Å². The molecule has 8 bridgehead atoms. The summed E-state index contributed by atoms with van der Waals surface area (Å²) < 4.78 is 44.9. The van der Waals surface area contributed by atoms with Crippen molar-refractivity contribution in [2.45, 2.75) is 267 Å². The Labute approximate surface area is 868 Å². The van der Waals surface area contributed by atoms with Crippen molar-refractivity contribution in [3.63, 3.8) is 0 Å². The fraction of sp³-hybridized carbons (Fsp3) is 0.323. The van der Waals surface area contributed by atoms with E-state index in [1.807, 2.05) is 0 Å².